The average molecular weight is 340 g/mol. The Morgan fingerprint density at radius 3 is 2.88 bits per heavy atom. The summed E-state index contributed by atoms with van der Waals surface area (Å²) >= 11 is 0. The van der Waals surface area contributed by atoms with Crippen LogP contribution in [0.25, 0.3) is 0 Å². The number of halogens is 1. The van der Waals surface area contributed by atoms with E-state index in [1.165, 1.54) is 18.4 Å². The normalized spacial score (nSPS) is 10.5. The Labute approximate surface area is 144 Å². The number of hydrogen-bond donors (Lipinski definition) is 1. The molecule has 0 unspecified atom stereocenters. The summed E-state index contributed by atoms with van der Waals surface area (Å²) in [5, 5.41) is 2.80. The van der Waals surface area contributed by atoms with Crippen LogP contribution >= 0.6 is 0 Å². The van der Waals surface area contributed by atoms with Gasteiger partial charge < -0.3 is 14.5 Å². The highest BCUT2D eigenvalue weighted by molar-refractivity contribution is 5.91. The topological polar surface area (TPSA) is 64.4 Å². The van der Waals surface area contributed by atoms with E-state index in [1.807, 2.05) is 31.2 Å². The molecule has 3 aromatic rings. The van der Waals surface area contributed by atoms with Gasteiger partial charge in [0.2, 0.25) is 5.89 Å². The van der Waals surface area contributed by atoms with E-state index in [0.29, 0.717) is 12.3 Å². The number of benzene rings is 2. The fraction of sp³-hybridized carbons (Fsp3) is 0.158. The van der Waals surface area contributed by atoms with Gasteiger partial charge in [-0.2, -0.15) is 0 Å². The second kappa shape index (κ2) is 7.61. The molecule has 0 bridgehead atoms. The molecule has 0 saturated heterocycles. The van der Waals surface area contributed by atoms with Crippen molar-refractivity contribution in [2.24, 2.45) is 0 Å². The molecule has 6 heteroatoms. The number of carbonyl (C=O) groups excluding carboxylic acids is 1. The number of nitrogens with one attached hydrogen (secondary N) is 1. The molecular formula is C19H17FN2O3. The van der Waals surface area contributed by atoms with E-state index in [-0.39, 0.29) is 29.9 Å². The summed E-state index contributed by atoms with van der Waals surface area (Å²) in [6, 6.07) is 13.6. The Morgan fingerprint density at radius 1 is 1.24 bits per heavy atom. The lowest BCUT2D eigenvalue weighted by atomic mass is 10.1. The number of hydrogen-bond acceptors (Lipinski definition) is 4. The van der Waals surface area contributed by atoms with Crippen molar-refractivity contribution in [1.29, 1.82) is 0 Å². The van der Waals surface area contributed by atoms with Crippen LogP contribution in [0.1, 0.15) is 27.5 Å². The zero-order chi connectivity index (χ0) is 17.6. The molecule has 2 aromatic carbocycles. The lowest BCUT2D eigenvalue weighted by Crippen LogP contribution is -2.23. The number of aromatic nitrogens is 1. The van der Waals surface area contributed by atoms with Crippen molar-refractivity contribution in [1.82, 2.24) is 10.3 Å². The van der Waals surface area contributed by atoms with Gasteiger partial charge in [0.25, 0.3) is 5.91 Å². The lowest BCUT2D eigenvalue weighted by molar-refractivity contribution is 0.0946. The first-order valence-corrected chi connectivity index (χ1v) is 7.77. The van der Waals surface area contributed by atoms with E-state index in [1.54, 1.807) is 12.1 Å². The molecule has 25 heavy (non-hydrogen) atoms. The van der Waals surface area contributed by atoms with Crippen LogP contribution in [0.3, 0.4) is 0 Å². The van der Waals surface area contributed by atoms with Crippen molar-refractivity contribution < 1.29 is 18.3 Å². The third-order valence-electron chi connectivity index (χ3n) is 3.64. The summed E-state index contributed by atoms with van der Waals surface area (Å²) in [7, 11) is 0. The van der Waals surface area contributed by atoms with Gasteiger partial charge in [-0.25, -0.2) is 9.37 Å². The Balaban J connectivity index is 1.55. The second-order valence-electron chi connectivity index (χ2n) is 5.48. The standard InChI is InChI=1S/C19H17FN2O3/c1-13-5-2-3-6-14(13)10-21-19(23)17-11-25-18(22-17)12-24-16-8-4-7-15(20)9-16/h2-9,11H,10,12H2,1H3,(H,21,23). The summed E-state index contributed by atoms with van der Waals surface area (Å²) in [6.07, 6.45) is 1.28. The van der Waals surface area contributed by atoms with Crippen LogP contribution in [0.4, 0.5) is 4.39 Å². The van der Waals surface area contributed by atoms with Crippen LogP contribution in [-0.4, -0.2) is 10.9 Å². The molecule has 0 aliphatic carbocycles. The Morgan fingerprint density at radius 2 is 2.08 bits per heavy atom. The van der Waals surface area contributed by atoms with Gasteiger partial charge >= 0.3 is 0 Å². The van der Waals surface area contributed by atoms with E-state index in [4.69, 9.17) is 9.15 Å². The molecular weight excluding hydrogens is 323 g/mol. The molecule has 3 rings (SSSR count). The van der Waals surface area contributed by atoms with Crippen LogP contribution < -0.4 is 10.1 Å². The van der Waals surface area contributed by atoms with Crippen molar-refractivity contribution in [2.45, 2.75) is 20.1 Å². The Bertz CT molecular complexity index is 876. The molecule has 0 atom stereocenters. The summed E-state index contributed by atoms with van der Waals surface area (Å²) in [4.78, 5) is 16.2. The molecule has 1 aromatic heterocycles. The van der Waals surface area contributed by atoms with Crippen molar-refractivity contribution in [2.75, 3.05) is 0 Å². The maximum atomic E-state index is 13.1. The minimum Gasteiger partial charge on any atom is -0.484 e. The summed E-state index contributed by atoms with van der Waals surface area (Å²) in [5.74, 6) is -0.112. The molecule has 1 amide bonds. The van der Waals surface area contributed by atoms with E-state index < -0.39 is 0 Å². The molecule has 1 heterocycles. The monoisotopic (exact) mass is 340 g/mol. The van der Waals surface area contributed by atoms with Crippen molar-refractivity contribution >= 4 is 5.91 Å². The maximum Gasteiger partial charge on any atom is 0.273 e. The SMILES string of the molecule is Cc1ccccc1CNC(=O)c1coc(COc2cccc(F)c2)n1. The molecule has 0 saturated carbocycles. The molecule has 0 fully saturated rings. The highest BCUT2D eigenvalue weighted by atomic mass is 19.1. The van der Waals surface area contributed by atoms with Gasteiger partial charge in [0.1, 0.15) is 17.8 Å². The maximum absolute atomic E-state index is 13.1. The van der Waals surface area contributed by atoms with Gasteiger partial charge in [-0.1, -0.05) is 30.3 Å². The fourth-order valence-electron chi connectivity index (χ4n) is 2.26. The molecule has 1 N–H and O–H groups in total. The number of nitrogens with zero attached hydrogens (tertiary/aromatic N) is 1. The van der Waals surface area contributed by atoms with Gasteiger partial charge in [-0.3, -0.25) is 4.79 Å². The van der Waals surface area contributed by atoms with Crippen LogP contribution in [0.5, 0.6) is 5.75 Å². The van der Waals surface area contributed by atoms with E-state index >= 15 is 0 Å². The molecule has 0 aliphatic heterocycles. The van der Waals surface area contributed by atoms with E-state index in [2.05, 4.69) is 10.3 Å². The van der Waals surface area contributed by atoms with Crippen molar-refractivity contribution in [3.05, 3.63) is 83.3 Å². The molecule has 0 spiro atoms. The zero-order valence-corrected chi connectivity index (χ0v) is 13.7. The number of ether oxygens (including phenoxy) is 1. The lowest BCUT2D eigenvalue weighted by Gasteiger charge is -2.06. The van der Waals surface area contributed by atoms with E-state index in [9.17, 15) is 9.18 Å². The first kappa shape index (κ1) is 16.7. The summed E-state index contributed by atoms with van der Waals surface area (Å²) in [5.41, 5.74) is 2.31. The van der Waals surface area contributed by atoms with E-state index in [0.717, 1.165) is 11.1 Å². The average Bonchev–Trinajstić information content (AvgIpc) is 3.08. The summed E-state index contributed by atoms with van der Waals surface area (Å²) in [6.45, 7) is 2.40. The molecule has 5 nitrogen and oxygen atoms in total. The largest absolute Gasteiger partial charge is 0.484 e. The highest BCUT2D eigenvalue weighted by Crippen LogP contribution is 2.14. The first-order valence-electron chi connectivity index (χ1n) is 7.77. The van der Waals surface area contributed by atoms with Gasteiger partial charge in [-0.05, 0) is 30.2 Å². The van der Waals surface area contributed by atoms with Crippen LogP contribution in [0.2, 0.25) is 0 Å². The minimum atomic E-state index is -0.388. The second-order valence-corrected chi connectivity index (χ2v) is 5.48. The predicted molar refractivity (Wildman–Crippen MR) is 89.6 cm³/mol. The van der Waals surface area contributed by atoms with Gasteiger partial charge in [0.05, 0.1) is 0 Å². The Kier molecular flexibility index (Phi) is 5.09. The third kappa shape index (κ3) is 4.44. The number of rotatable bonds is 6. The van der Waals surface area contributed by atoms with Gasteiger partial charge in [0.15, 0.2) is 12.3 Å². The van der Waals surface area contributed by atoms with Gasteiger partial charge in [0, 0.05) is 12.6 Å². The third-order valence-corrected chi connectivity index (χ3v) is 3.64. The molecule has 128 valence electrons. The minimum absolute atomic E-state index is 0.00846. The quantitative estimate of drug-likeness (QED) is 0.744. The number of carbonyl (C=O) groups is 1. The van der Waals surface area contributed by atoms with Crippen LogP contribution in [0, 0.1) is 12.7 Å². The Hall–Kier alpha value is -3.15. The van der Waals surface area contributed by atoms with Crippen molar-refractivity contribution in [3.63, 3.8) is 0 Å². The molecule has 0 radical (unpaired) electrons. The predicted octanol–water partition coefficient (Wildman–Crippen LogP) is 3.63. The number of aryl methyl sites for hydroxylation is 1. The van der Waals surface area contributed by atoms with Crippen LogP contribution in [-0.2, 0) is 13.2 Å². The van der Waals surface area contributed by atoms with Crippen LogP contribution in [0.15, 0.2) is 59.2 Å². The highest BCUT2D eigenvalue weighted by Gasteiger charge is 2.13. The summed E-state index contributed by atoms with van der Waals surface area (Å²) < 4.78 is 23.7. The number of amides is 1. The smallest absolute Gasteiger partial charge is 0.273 e. The van der Waals surface area contributed by atoms with Gasteiger partial charge in [-0.15, -0.1) is 0 Å². The van der Waals surface area contributed by atoms with Crippen molar-refractivity contribution in [3.8, 4) is 5.75 Å². The number of oxazole rings is 1. The fourth-order valence-corrected chi connectivity index (χ4v) is 2.26. The molecule has 0 aliphatic rings. The zero-order valence-electron chi connectivity index (χ0n) is 13.7. The first-order chi connectivity index (χ1) is 12.1.